The van der Waals surface area contributed by atoms with Gasteiger partial charge in [0.15, 0.2) is 0 Å². The lowest BCUT2D eigenvalue weighted by Gasteiger charge is -2.40. The minimum absolute atomic E-state index is 0.132. The van der Waals surface area contributed by atoms with Crippen LogP contribution in [0.1, 0.15) is 36.9 Å². The Bertz CT molecular complexity index is 471. The molecule has 0 saturated carbocycles. The van der Waals surface area contributed by atoms with Crippen molar-refractivity contribution in [2.75, 3.05) is 26.8 Å². The smallest absolute Gasteiger partial charge is 0.224 e. The first-order chi connectivity index (χ1) is 9.25. The lowest BCUT2D eigenvalue weighted by Crippen LogP contribution is -2.48. The van der Waals surface area contributed by atoms with Gasteiger partial charge in [0.25, 0.3) is 0 Å². The number of hydrogen-bond acceptors (Lipinski definition) is 3. The number of aromatic nitrogens is 2. The summed E-state index contributed by atoms with van der Waals surface area (Å²) in [4.78, 5) is 14.2. The van der Waals surface area contributed by atoms with Crippen LogP contribution < -0.4 is 0 Å². The maximum atomic E-state index is 12.2. The number of ether oxygens (including phenoxy) is 1. The summed E-state index contributed by atoms with van der Waals surface area (Å²) < 4.78 is 5.00. The monoisotopic (exact) mass is 263 g/mol. The lowest BCUT2D eigenvalue weighted by atomic mass is 9.77. The number of fused-ring (bicyclic) bond motifs is 2. The number of rotatable bonds is 3. The first-order valence-corrected chi connectivity index (χ1v) is 7.05. The van der Waals surface area contributed by atoms with Crippen molar-refractivity contribution in [1.29, 1.82) is 0 Å². The van der Waals surface area contributed by atoms with Gasteiger partial charge < -0.3 is 9.64 Å². The first kappa shape index (κ1) is 12.7. The third-order valence-electron chi connectivity index (χ3n) is 4.57. The molecular formula is C14H21N3O2. The normalized spacial score (nSPS) is 25.8. The van der Waals surface area contributed by atoms with Gasteiger partial charge in [0, 0.05) is 31.3 Å². The molecule has 5 nitrogen and oxygen atoms in total. The summed E-state index contributed by atoms with van der Waals surface area (Å²) in [5.41, 5.74) is 2.75. The molecule has 1 amide bonds. The zero-order valence-corrected chi connectivity index (χ0v) is 11.4. The Hall–Kier alpha value is -1.36. The zero-order chi connectivity index (χ0) is 13.3. The highest BCUT2D eigenvalue weighted by molar-refractivity contribution is 5.76. The number of nitrogens with zero attached hydrogens (tertiary/aromatic N) is 2. The summed E-state index contributed by atoms with van der Waals surface area (Å²) in [6.45, 7) is 2.23. The minimum atomic E-state index is 0.132. The van der Waals surface area contributed by atoms with Gasteiger partial charge in [-0.25, -0.2) is 0 Å². The standard InChI is InChI=1S/C14H21N3O2/c1-19-8-4-12(18)17-7-2-5-14(10-17)6-3-11-9-15-16-13(11)14/h9H,2-8,10H2,1H3,(H,15,16). The Balaban J connectivity index is 1.74. The Kier molecular flexibility index (Phi) is 3.31. The zero-order valence-electron chi connectivity index (χ0n) is 11.4. The van der Waals surface area contributed by atoms with Crippen LogP contribution in [0.25, 0.3) is 0 Å². The summed E-state index contributed by atoms with van der Waals surface area (Å²) in [6, 6.07) is 0. The van der Waals surface area contributed by atoms with Crippen molar-refractivity contribution in [2.45, 2.75) is 37.5 Å². The molecule has 0 aromatic carbocycles. The number of methoxy groups -OCH3 is 1. The van der Waals surface area contributed by atoms with Crippen LogP contribution in [0, 0.1) is 0 Å². The SMILES string of the molecule is COCCC(=O)N1CCCC2(CCc3cn[nH]c32)C1. The summed E-state index contributed by atoms with van der Waals surface area (Å²) in [5.74, 6) is 0.217. The molecule has 1 aromatic heterocycles. The number of nitrogens with one attached hydrogen (secondary N) is 1. The molecule has 104 valence electrons. The second-order valence-electron chi connectivity index (χ2n) is 5.71. The predicted molar refractivity (Wildman–Crippen MR) is 70.9 cm³/mol. The molecule has 2 heterocycles. The lowest BCUT2D eigenvalue weighted by molar-refractivity contribution is -0.134. The quantitative estimate of drug-likeness (QED) is 0.893. The van der Waals surface area contributed by atoms with E-state index in [4.69, 9.17) is 4.74 Å². The van der Waals surface area contributed by atoms with E-state index >= 15 is 0 Å². The molecule has 0 radical (unpaired) electrons. The summed E-state index contributed by atoms with van der Waals surface area (Å²) >= 11 is 0. The van der Waals surface area contributed by atoms with Crippen molar-refractivity contribution in [1.82, 2.24) is 15.1 Å². The fraction of sp³-hybridized carbons (Fsp3) is 0.714. The highest BCUT2D eigenvalue weighted by Crippen LogP contribution is 2.43. The van der Waals surface area contributed by atoms with Crippen molar-refractivity contribution < 1.29 is 9.53 Å². The van der Waals surface area contributed by atoms with Gasteiger partial charge >= 0.3 is 0 Å². The number of carbonyl (C=O) groups excluding carboxylic acids is 1. The van der Waals surface area contributed by atoms with E-state index in [0.717, 1.165) is 38.8 Å². The Morgan fingerprint density at radius 3 is 3.32 bits per heavy atom. The van der Waals surface area contributed by atoms with Crippen LogP contribution in [0.5, 0.6) is 0 Å². The van der Waals surface area contributed by atoms with Gasteiger partial charge in [0.1, 0.15) is 0 Å². The number of hydrogen-bond donors (Lipinski definition) is 1. The van der Waals surface area contributed by atoms with Crippen LogP contribution in [0.3, 0.4) is 0 Å². The Labute approximate surface area is 113 Å². The molecule has 1 unspecified atom stereocenters. The minimum Gasteiger partial charge on any atom is -0.384 e. The molecule has 1 N–H and O–H groups in total. The van der Waals surface area contributed by atoms with Crippen LogP contribution >= 0.6 is 0 Å². The molecule has 19 heavy (non-hydrogen) atoms. The van der Waals surface area contributed by atoms with E-state index < -0.39 is 0 Å². The summed E-state index contributed by atoms with van der Waals surface area (Å²) in [5, 5.41) is 7.33. The highest BCUT2D eigenvalue weighted by Gasteiger charge is 2.44. The molecule has 5 heteroatoms. The third kappa shape index (κ3) is 2.16. The number of likely N-dealkylation sites (tertiary alicyclic amines) is 1. The molecule has 2 aliphatic rings. The summed E-state index contributed by atoms with van der Waals surface area (Å²) in [7, 11) is 1.64. The van der Waals surface area contributed by atoms with Crippen LogP contribution in [0.4, 0.5) is 0 Å². The van der Waals surface area contributed by atoms with Gasteiger partial charge in [-0.3, -0.25) is 9.89 Å². The largest absolute Gasteiger partial charge is 0.384 e. The van der Waals surface area contributed by atoms with Gasteiger partial charge in [0.05, 0.1) is 19.2 Å². The molecule has 3 rings (SSSR count). The maximum Gasteiger partial charge on any atom is 0.224 e. The predicted octanol–water partition coefficient (Wildman–Crippen LogP) is 1.25. The van der Waals surface area contributed by atoms with Crippen LogP contribution in [0.2, 0.25) is 0 Å². The second-order valence-corrected chi connectivity index (χ2v) is 5.71. The number of aromatic amines is 1. The average Bonchev–Trinajstić information content (AvgIpc) is 3.02. The number of amides is 1. The van der Waals surface area contributed by atoms with Gasteiger partial charge in [-0.05, 0) is 31.2 Å². The van der Waals surface area contributed by atoms with E-state index in [1.807, 2.05) is 11.1 Å². The number of piperidine rings is 1. The molecule has 1 aliphatic carbocycles. The molecular weight excluding hydrogens is 242 g/mol. The van der Waals surface area contributed by atoms with Crippen molar-refractivity contribution in [3.05, 3.63) is 17.5 Å². The molecule has 0 bridgehead atoms. The molecule has 1 saturated heterocycles. The molecule has 1 fully saturated rings. The van der Waals surface area contributed by atoms with Crippen LogP contribution in [-0.4, -0.2) is 47.8 Å². The number of aryl methyl sites for hydroxylation is 1. The summed E-state index contributed by atoms with van der Waals surface area (Å²) in [6.07, 6.45) is 6.91. The molecule has 1 spiro atoms. The van der Waals surface area contributed by atoms with E-state index in [9.17, 15) is 4.79 Å². The number of H-pyrrole nitrogens is 1. The van der Waals surface area contributed by atoms with Gasteiger partial charge in [-0.1, -0.05) is 0 Å². The second kappa shape index (κ2) is 4.96. The van der Waals surface area contributed by atoms with Crippen molar-refractivity contribution in [3.8, 4) is 0 Å². The van der Waals surface area contributed by atoms with E-state index in [-0.39, 0.29) is 11.3 Å². The Morgan fingerprint density at radius 2 is 2.47 bits per heavy atom. The molecule has 1 aliphatic heterocycles. The fourth-order valence-corrected chi connectivity index (χ4v) is 3.56. The van der Waals surface area contributed by atoms with Crippen molar-refractivity contribution in [3.63, 3.8) is 0 Å². The third-order valence-corrected chi connectivity index (χ3v) is 4.57. The van der Waals surface area contributed by atoms with E-state index in [1.165, 1.54) is 11.3 Å². The van der Waals surface area contributed by atoms with Crippen molar-refractivity contribution >= 4 is 5.91 Å². The Morgan fingerprint density at radius 1 is 1.58 bits per heavy atom. The highest BCUT2D eigenvalue weighted by atomic mass is 16.5. The maximum absolute atomic E-state index is 12.2. The topological polar surface area (TPSA) is 58.2 Å². The van der Waals surface area contributed by atoms with E-state index in [1.54, 1.807) is 7.11 Å². The van der Waals surface area contributed by atoms with Gasteiger partial charge in [0.2, 0.25) is 5.91 Å². The van der Waals surface area contributed by atoms with Crippen molar-refractivity contribution in [2.24, 2.45) is 0 Å². The van der Waals surface area contributed by atoms with Crippen LogP contribution in [0.15, 0.2) is 6.20 Å². The van der Waals surface area contributed by atoms with Gasteiger partial charge in [-0.2, -0.15) is 5.10 Å². The van der Waals surface area contributed by atoms with E-state index in [0.29, 0.717) is 13.0 Å². The molecule has 1 atom stereocenters. The van der Waals surface area contributed by atoms with Gasteiger partial charge in [-0.15, -0.1) is 0 Å². The van der Waals surface area contributed by atoms with Crippen LogP contribution in [-0.2, 0) is 21.4 Å². The first-order valence-electron chi connectivity index (χ1n) is 7.05. The number of carbonyl (C=O) groups is 1. The van der Waals surface area contributed by atoms with E-state index in [2.05, 4.69) is 10.2 Å². The fourth-order valence-electron chi connectivity index (χ4n) is 3.56. The molecule has 1 aromatic rings. The average molecular weight is 263 g/mol.